The van der Waals surface area contributed by atoms with Gasteiger partial charge in [-0.25, -0.2) is 4.98 Å². The highest BCUT2D eigenvalue weighted by Crippen LogP contribution is 2.35. The highest BCUT2D eigenvalue weighted by atomic mass is 16.5. The van der Waals surface area contributed by atoms with E-state index >= 15 is 0 Å². The van der Waals surface area contributed by atoms with Crippen LogP contribution in [0.25, 0.3) is 38.7 Å². The van der Waals surface area contributed by atoms with Gasteiger partial charge in [0.15, 0.2) is 0 Å². The van der Waals surface area contributed by atoms with Crippen LogP contribution in [0.1, 0.15) is 24.6 Å². The van der Waals surface area contributed by atoms with E-state index in [0.717, 1.165) is 62.1 Å². The first-order valence-electron chi connectivity index (χ1n) is 11.0. The lowest BCUT2D eigenvalue weighted by Gasteiger charge is -2.16. The number of aromatic nitrogens is 3. The minimum Gasteiger partial charge on any atom is -0.491 e. The summed E-state index contributed by atoms with van der Waals surface area (Å²) in [5, 5.41) is 3.42. The second-order valence-corrected chi connectivity index (χ2v) is 8.24. The first-order valence-corrected chi connectivity index (χ1v) is 11.0. The van der Waals surface area contributed by atoms with E-state index in [9.17, 15) is 0 Å². The Morgan fingerprint density at radius 2 is 1.72 bits per heavy atom. The van der Waals surface area contributed by atoms with E-state index in [-0.39, 0.29) is 6.10 Å². The van der Waals surface area contributed by atoms with Gasteiger partial charge in [-0.3, -0.25) is 9.38 Å². The van der Waals surface area contributed by atoms with Gasteiger partial charge in [0.25, 0.3) is 0 Å². The number of nitrogens with zero attached hydrogens (tertiary/aromatic N) is 3. The molecule has 0 spiro atoms. The molecule has 0 amide bonds. The van der Waals surface area contributed by atoms with Crippen molar-refractivity contribution in [2.75, 3.05) is 13.7 Å². The summed E-state index contributed by atoms with van der Waals surface area (Å²) in [5.74, 6) is 0.857. The SMILES string of the molecule is CCC(COc1cc(C)c2c(c1)c1ccccc1c1nc(-c3cccc(C)n3)cn12)OC. The summed E-state index contributed by atoms with van der Waals surface area (Å²) in [6.45, 7) is 6.77. The van der Waals surface area contributed by atoms with Crippen molar-refractivity contribution in [3.63, 3.8) is 0 Å². The number of imidazole rings is 1. The minimum absolute atomic E-state index is 0.0864. The molecule has 0 bridgehead atoms. The summed E-state index contributed by atoms with van der Waals surface area (Å²) >= 11 is 0. The fourth-order valence-electron chi connectivity index (χ4n) is 4.36. The Labute approximate surface area is 187 Å². The number of fused-ring (bicyclic) bond motifs is 6. The number of ether oxygens (including phenoxy) is 2. The molecular formula is C27H27N3O2. The van der Waals surface area contributed by atoms with Gasteiger partial charge >= 0.3 is 0 Å². The molecule has 0 aliphatic heterocycles. The molecule has 1 unspecified atom stereocenters. The second kappa shape index (κ2) is 8.24. The largest absolute Gasteiger partial charge is 0.491 e. The molecule has 162 valence electrons. The standard InChI is InChI=1S/C27H27N3O2/c1-5-19(31-4)16-32-20-13-17(2)26-23(14-20)21-10-6-7-11-22(21)27-29-25(15-30(26)27)24-12-8-9-18(3)28-24/h6-15,19H,5,16H2,1-4H3. The number of rotatable bonds is 6. The molecule has 0 saturated heterocycles. The summed E-state index contributed by atoms with van der Waals surface area (Å²) < 4.78 is 13.8. The molecular weight excluding hydrogens is 398 g/mol. The van der Waals surface area contributed by atoms with Crippen LogP contribution in [0.15, 0.2) is 60.8 Å². The maximum atomic E-state index is 6.13. The molecule has 0 saturated carbocycles. The van der Waals surface area contributed by atoms with Crippen LogP contribution in [0.5, 0.6) is 5.75 Å². The van der Waals surface area contributed by atoms with Crippen LogP contribution in [-0.2, 0) is 4.74 Å². The van der Waals surface area contributed by atoms with Gasteiger partial charge in [-0.1, -0.05) is 37.3 Å². The Morgan fingerprint density at radius 3 is 2.47 bits per heavy atom. The first-order chi connectivity index (χ1) is 15.6. The third-order valence-electron chi connectivity index (χ3n) is 6.05. The number of benzene rings is 2. The molecule has 0 N–H and O–H groups in total. The number of aryl methyl sites for hydroxylation is 2. The van der Waals surface area contributed by atoms with Gasteiger partial charge in [0.05, 0.1) is 17.3 Å². The average molecular weight is 426 g/mol. The average Bonchev–Trinajstić information content (AvgIpc) is 3.25. The molecule has 2 aromatic carbocycles. The third-order valence-corrected chi connectivity index (χ3v) is 6.05. The summed E-state index contributed by atoms with van der Waals surface area (Å²) in [6.07, 6.45) is 3.10. The van der Waals surface area contributed by atoms with Gasteiger partial charge in [-0.05, 0) is 55.5 Å². The maximum absolute atomic E-state index is 6.13. The van der Waals surface area contributed by atoms with Crippen LogP contribution in [0.3, 0.4) is 0 Å². The van der Waals surface area contributed by atoms with E-state index in [1.165, 1.54) is 0 Å². The van der Waals surface area contributed by atoms with E-state index in [0.29, 0.717) is 6.61 Å². The molecule has 0 fully saturated rings. The van der Waals surface area contributed by atoms with Gasteiger partial charge in [-0.15, -0.1) is 0 Å². The number of methoxy groups -OCH3 is 1. The smallest absolute Gasteiger partial charge is 0.145 e. The van der Waals surface area contributed by atoms with Crippen molar-refractivity contribution in [2.45, 2.75) is 33.3 Å². The van der Waals surface area contributed by atoms with Crippen molar-refractivity contribution in [1.82, 2.24) is 14.4 Å². The van der Waals surface area contributed by atoms with E-state index in [4.69, 9.17) is 14.5 Å². The normalized spacial score (nSPS) is 12.6. The summed E-state index contributed by atoms with van der Waals surface area (Å²) in [7, 11) is 1.73. The van der Waals surface area contributed by atoms with E-state index in [1.54, 1.807) is 7.11 Å². The summed E-state index contributed by atoms with van der Waals surface area (Å²) in [4.78, 5) is 9.68. The van der Waals surface area contributed by atoms with Gasteiger partial charge in [0.2, 0.25) is 0 Å². The minimum atomic E-state index is 0.0864. The molecule has 5 aromatic rings. The van der Waals surface area contributed by atoms with Gasteiger partial charge in [0.1, 0.15) is 23.7 Å². The second-order valence-electron chi connectivity index (χ2n) is 8.24. The van der Waals surface area contributed by atoms with Crippen LogP contribution < -0.4 is 4.74 Å². The zero-order valence-electron chi connectivity index (χ0n) is 18.9. The maximum Gasteiger partial charge on any atom is 0.145 e. The zero-order chi connectivity index (χ0) is 22.2. The Bertz CT molecular complexity index is 1430. The molecule has 3 heterocycles. The van der Waals surface area contributed by atoms with Crippen molar-refractivity contribution in [1.29, 1.82) is 0 Å². The first kappa shape index (κ1) is 20.5. The number of pyridine rings is 2. The van der Waals surface area contributed by atoms with E-state index in [2.05, 4.69) is 65.8 Å². The lowest BCUT2D eigenvalue weighted by atomic mass is 10.0. The summed E-state index contributed by atoms with van der Waals surface area (Å²) in [5.41, 5.74) is 5.95. The van der Waals surface area contributed by atoms with Crippen LogP contribution in [0.4, 0.5) is 0 Å². The van der Waals surface area contributed by atoms with Crippen LogP contribution in [-0.4, -0.2) is 34.2 Å². The molecule has 0 aliphatic rings. The fraction of sp³-hybridized carbons (Fsp3) is 0.259. The van der Waals surface area contributed by atoms with Crippen molar-refractivity contribution in [3.05, 3.63) is 72.1 Å². The van der Waals surface area contributed by atoms with Crippen molar-refractivity contribution >= 4 is 27.3 Å². The molecule has 32 heavy (non-hydrogen) atoms. The third kappa shape index (κ3) is 3.49. The van der Waals surface area contributed by atoms with Crippen LogP contribution in [0.2, 0.25) is 0 Å². The van der Waals surface area contributed by atoms with Crippen molar-refractivity contribution < 1.29 is 9.47 Å². The molecule has 5 rings (SSSR count). The Morgan fingerprint density at radius 1 is 0.906 bits per heavy atom. The van der Waals surface area contributed by atoms with Crippen molar-refractivity contribution in [2.24, 2.45) is 0 Å². The Hall–Kier alpha value is -3.44. The van der Waals surface area contributed by atoms with Gasteiger partial charge in [-0.2, -0.15) is 0 Å². The van der Waals surface area contributed by atoms with Gasteiger partial charge < -0.3 is 9.47 Å². The van der Waals surface area contributed by atoms with Crippen molar-refractivity contribution in [3.8, 4) is 17.1 Å². The Balaban J connectivity index is 1.74. The van der Waals surface area contributed by atoms with E-state index < -0.39 is 0 Å². The molecule has 0 radical (unpaired) electrons. The zero-order valence-corrected chi connectivity index (χ0v) is 18.9. The van der Waals surface area contributed by atoms with Crippen LogP contribution in [0, 0.1) is 13.8 Å². The molecule has 3 aromatic heterocycles. The number of hydrogen-bond acceptors (Lipinski definition) is 4. The predicted molar refractivity (Wildman–Crippen MR) is 129 cm³/mol. The Kier molecular flexibility index (Phi) is 5.27. The highest BCUT2D eigenvalue weighted by molar-refractivity contribution is 6.13. The fourth-order valence-corrected chi connectivity index (χ4v) is 4.36. The van der Waals surface area contributed by atoms with Gasteiger partial charge in [0, 0.05) is 29.8 Å². The molecule has 5 nitrogen and oxygen atoms in total. The monoisotopic (exact) mass is 425 g/mol. The highest BCUT2D eigenvalue weighted by Gasteiger charge is 2.16. The van der Waals surface area contributed by atoms with Crippen LogP contribution >= 0.6 is 0 Å². The lowest BCUT2D eigenvalue weighted by molar-refractivity contribution is 0.0556. The molecule has 5 heteroatoms. The topological polar surface area (TPSA) is 48.7 Å². The number of hydrogen-bond donors (Lipinski definition) is 0. The molecule has 1 atom stereocenters. The molecule has 0 aliphatic carbocycles. The quantitative estimate of drug-likeness (QED) is 0.307. The summed E-state index contributed by atoms with van der Waals surface area (Å²) in [6, 6.07) is 18.7. The van der Waals surface area contributed by atoms with E-state index in [1.807, 2.05) is 25.1 Å². The lowest BCUT2D eigenvalue weighted by Crippen LogP contribution is -2.19. The predicted octanol–water partition coefficient (Wildman–Crippen LogP) is 6.12.